The van der Waals surface area contributed by atoms with Crippen molar-refractivity contribution in [3.8, 4) is 0 Å². The molecule has 7 nitrogen and oxygen atoms in total. The molecule has 0 spiro atoms. The molecule has 0 aliphatic carbocycles. The van der Waals surface area contributed by atoms with E-state index in [2.05, 4.69) is 31.2 Å². The molecular formula is C17H30ClN5O2. The number of carbonyl (C=O) groups is 2. The highest BCUT2D eigenvalue weighted by Gasteiger charge is 2.31. The number of nitrogens with two attached hydrogens (primary N) is 1. The van der Waals surface area contributed by atoms with Crippen molar-refractivity contribution in [2.24, 2.45) is 18.7 Å². The maximum absolute atomic E-state index is 12.9. The number of likely N-dealkylation sites (tertiary alicyclic amines) is 1. The zero-order valence-electron chi connectivity index (χ0n) is 15.5. The first-order valence-electron chi connectivity index (χ1n) is 8.55. The average molecular weight is 372 g/mol. The van der Waals surface area contributed by atoms with Gasteiger partial charge in [0.05, 0.1) is 11.6 Å². The Morgan fingerprint density at radius 3 is 2.64 bits per heavy atom. The van der Waals surface area contributed by atoms with Crippen LogP contribution in [0.1, 0.15) is 49.8 Å². The van der Waals surface area contributed by atoms with Gasteiger partial charge in [-0.25, -0.2) is 0 Å². The number of carbonyl (C=O) groups excluding carboxylic acids is 2. The van der Waals surface area contributed by atoms with E-state index >= 15 is 0 Å². The summed E-state index contributed by atoms with van der Waals surface area (Å²) >= 11 is 0. The van der Waals surface area contributed by atoms with Gasteiger partial charge in [0, 0.05) is 38.6 Å². The Balaban J connectivity index is 0.00000312. The number of rotatable bonds is 4. The lowest BCUT2D eigenvalue weighted by Gasteiger charge is -2.32. The molecule has 0 aromatic carbocycles. The second-order valence-electron chi connectivity index (χ2n) is 7.46. The number of nitrogens with zero attached hydrogens (tertiary/aromatic N) is 3. The number of halogens is 1. The van der Waals surface area contributed by atoms with Crippen LogP contribution in [0.5, 0.6) is 0 Å². The van der Waals surface area contributed by atoms with Crippen molar-refractivity contribution in [3.05, 3.63) is 17.5 Å². The van der Waals surface area contributed by atoms with E-state index in [1.807, 2.05) is 6.07 Å². The molecule has 2 heterocycles. The van der Waals surface area contributed by atoms with Gasteiger partial charge >= 0.3 is 0 Å². The molecule has 142 valence electrons. The van der Waals surface area contributed by atoms with E-state index in [9.17, 15) is 9.59 Å². The summed E-state index contributed by atoms with van der Waals surface area (Å²) in [5.41, 5.74) is 6.78. The zero-order chi connectivity index (χ0) is 17.9. The van der Waals surface area contributed by atoms with Crippen LogP contribution in [0.25, 0.3) is 0 Å². The lowest BCUT2D eigenvalue weighted by atomic mass is 9.92. The molecule has 2 rings (SSSR count). The lowest BCUT2D eigenvalue weighted by Crippen LogP contribution is -2.46. The third-order valence-electron chi connectivity index (χ3n) is 4.39. The van der Waals surface area contributed by atoms with Crippen LogP contribution in [-0.4, -0.2) is 52.7 Å². The summed E-state index contributed by atoms with van der Waals surface area (Å²) in [7, 11) is 1.79. The van der Waals surface area contributed by atoms with Gasteiger partial charge in [-0.3, -0.25) is 14.3 Å². The first kappa shape index (κ1) is 21.4. The quantitative estimate of drug-likeness (QED) is 0.827. The highest BCUT2D eigenvalue weighted by atomic mass is 35.5. The SMILES string of the molecule is Cl.Cn1nc(C(C)(C)C)cc1C(=O)N1CCCC(C(=O)NCCN)C1. The van der Waals surface area contributed by atoms with Crippen LogP contribution in [-0.2, 0) is 17.3 Å². The average Bonchev–Trinajstić information content (AvgIpc) is 2.94. The second-order valence-corrected chi connectivity index (χ2v) is 7.46. The Morgan fingerprint density at radius 2 is 2.08 bits per heavy atom. The van der Waals surface area contributed by atoms with E-state index in [0.717, 1.165) is 18.5 Å². The molecule has 8 heteroatoms. The number of hydrogen-bond acceptors (Lipinski definition) is 4. The fraction of sp³-hybridized carbons (Fsp3) is 0.706. The molecule has 1 aromatic rings. The van der Waals surface area contributed by atoms with Gasteiger partial charge in [-0.15, -0.1) is 12.4 Å². The summed E-state index contributed by atoms with van der Waals surface area (Å²) in [5.74, 6) is -0.236. The molecule has 1 fully saturated rings. The third kappa shape index (κ3) is 5.19. The fourth-order valence-corrected chi connectivity index (χ4v) is 2.91. The van der Waals surface area contributed by atoms with Crippen molar-refractivity contribution < 1.29 is 9.59 Å². The Morgan fingerprint density at radius 1 is 1.40 bits per heavy atom. The molecule has 0 bridgehead atoms. The van der Waals surface area contributed by atoms with E-state index in [0.29, 0.717) is 31.9 Å². The van der Waals surface area contributed by atoms with E-state index in [4.69, 9.17) is 5.73 Å². The zero-order valence-corrected chi connectivity index (χ0v) is 16.4. The van der Waals surface area contributed by atoms with Crippen LogP contribution >= 0.6 is 12.4 Å². The Labute approximate surface area is 155 Å². The van der Waals surface area contributed by atoms with Gasteiger partial charge in [-0.1, -0.05) is 20.8 Å². The monoisotopic (exact) mass is 371 g/mol. The minimum absolute atomic E-state index is 0. The Kier molecular flexibility index (Phi) is 7.44. The minimum Gasteiger partial charge on any atom is -0.355 e. The van der Waals surface area contributed by atoms with E-state index in [1.54, 1.807) is 16.6 Å². The van der Waals surface area contributed by atoms with Gasteiger partial charge in [0.15, 0.2) is 0 Å². The summed E-state index contributed by atoms with van der Waals surface area (Å²) < 4.78 is 1.64. The summed E-state index contributed by atoms with van der Waals surface area (Å²) in [5, 5.41) is 7.29. The normalized spacial score (nSPS) is 17.8. The van der Waals surface area contributed by atoms with Gasteiger partial charge in [-0.05, 0) is 18.9 Å². The van der Waals surface area contributed by atoms with Gasteiger partial charge in [0.1, 0.15) is 5.69 Å². The largest absolute Gasteiger partial charge is 0.355 e. The summed E-state index contributed by atoms with van der Waals surface area (Å²) in [6, 6.07) is 1.86. The molecular weight excluding hydrogens is 342 g/mol. The smallest absolute Gasteiger partial charge is 0.272 e. The van der Waals surface area contributed by atoms with Crippen molar-refractivity contribution in [3.63, 3.8) is 0 Å². The standard InChI is InChI=1S/C17H29N5O2.ClH/c1-17(2,3)14-10-13(21(4)20-14)16(24)22-9-5-6-12(11-22)15(23)19-8-7-18;/h10,12H,5-9,11,18H2,1-4H3,(H,19,23);1H. The van der Waals surface area contributed by atoms with Crippen LogP contribution < -0.4 is 11.1 Å². The topological polar surface area (TPSA) is 93.2 Å². The van der Waals surface area contributed by atoms with Crippen LogP contribution in [0, 0.1) is 5.92 Å². The van der Waals surface area contributed by atoms with Crippen LogP contribution in [0.4, 0.5) is 0 Å². The van der Waals surface area contributed by atoms with Crippen molar-refractivity contribution in [1.29, 1.82) is 0 Å². The van der Waals surface area contributed by atoms with Crippen molar-refractivity contribution in [2.75, 3.05) is 26.2 Å². The second kappa shape index (κ2) is 8.67. The first-order valence-corrected chi connectivity index (χ1v) is 8.55. The van der Waals surface area contributed by atoms with Gasteiger partial charge in [-0.2, -0.15) is 5.10 Å². The van der Waals surface area contributed by atoms with Crippen LogP contribution in [0.3, 0.4) is 0 Å². The molecule has 0 saturated carbocycles. The number of aromatic nitrogens is 2. The van der Waals surface area contributed by atoms with E-state index in [1.165, 1.54) is 0 Å². The molecule has 1 unspecified atom stereocenters. The molecule has 25 heavy (non-hydrogen) atoms. The van der Waals surface area contributed by atoms with E-state index in [-0.39, 0.29) is 35.6 Å². The van der Waals surface area contributed by atoms with E-state index < -0.39 is 0 Å². The molecule has 1 aliphatic heterocycles. The molecule has 1 atom stereocenters. The Hall–Kier alpha value is -1.60. The maximum atomic E-state index is 12.9. The molecule has 2 amide bonds. The Bertz CT molecular complexity index is 609. The summed E-state index contributed by atoms with van der Waals surface area (Å²) in [4.78, 5) is 26.8. The highest BCUT2D eigenvalue weighted by molar-refractivity contribution is 5.93. The van der Waals surface area contributed by atoms with Crippen LogP contribution in [0.15, 0.2) is 6.07 Å². The van der Waals surface area contributed by atoms with Crippen LogP contribution in [0.2, 0.25) is 0 Å². The van der Waals surface area contributed by atoms with Gasteiger partial charge in [0.25, 0.3) is 5.91 Å². The fourth-order valence-electron chi connectivity index (χ4n) is 2.91. The number of amides is 2. The van der Waals surface area contributed by atoms with Crippen molar-refractivity contribution in [1.82, 2.24) is 20.0 Å². The third-order valence-corrected chi connectivity index (χ3v) is 4.39. The number of aryl methyl sites for hydroxylation is 1. The predicted molar refractivity (Wildman–Crippen MR) is 99.8 cm³/mol. The molecule has 0 radical (unpaired) electrons. The minimum atomic E-state index is -0.162. The molecule has 1 aromatic heterocycles. The molecule has 1 saturated heterocycles. The maximum Gasteiger partial charge on any atom is 0.272 e. The number of piperidine rings is 1. The molecule has 3 N–H and O–H groups in total. The number of nitrogens with one attached hydrogen (secondary N) is 1. The van der Waals surface area contributed by atoms with Crippen molar-refractivity contribution in [2.45, 2.75) is 39.0 Å². The summed E-state index contributed by atoms with van der Waals surface area (Å²) in [6.07, 6.45) is 1.63. The highest BCUT2D eigenvalue weighted by Crippen LogP contribution is 2.23. The molecule has 1 aliphatic rings. The van der Waals surface area contributed by atoms with Gasteiger partial charge < -0.3 is 16.0 Å². The van der Waals surface area contributed by atoms with Gasteiger partial charge in [0.2, 0.25) is 5.91 Å². The predicted octanol–water partition coefficient (Wildman–Crippen LogP) is 1.07. The summed E-state index contributed by atoms with van der Waals surface area (Å²) in [6.45, 7) is 8.24. The van der Waals surface area contributed by atoms with Crippen molar-refractivity contribution >= 4 is 24.2 Å². The lowest BCUT2D eigenvalue weighted by molar-refractivity contribution is -0.126. The number of hydrogen-bond donors (Lipinski definition) is 2. The first-order chi connectivity index (χ1) is 11.2.